The van der Waals surface area contributed by atoms with Gasteiger partial charge in [-0.3, -0.25) is 0 Å². The van der Waals surface area contributed by atoms with Gasteiger partial charge in [0.05, 0.1) is 13.2 Å². The predicted molar refractivity (Wildman–Crippen MR) is 106 cm³/mol. The maximum Gasteiger partial charge on any atom is 0.222 e. The molecule has 0 saturated heterocycles. The monoisotopic (exact) mass is 460 g/mol. The highest BCUT2D eigenvalue weighted by atomic mass is 35.6. The fourth-order valence-electron chi connectivity index (χ4n) is 2.22. The summed E-state index contributed by atoms with van der Waals surface area (Å²) in [7, 11) is 0. The summed E-state index contributed by atoms with van der Waals surface area (Å²) in [4.78, 5) is 0. The number of alkyl halides is 6. The molecule has 2 nitrogen and oxygen atoms in total. The third-order valence-corrected chi connectivity index (χ3v) is 3.84. The van der Waals surface area contributed by atoms with Crippen molar-refractivity contribution in [3.8, 4) is 0 Å². The van der Waals surface area contributed by atoms with Crippen molar-refractivity contribution in [3.63, 3.8) is 0 Å². The summed E-state index contributed by atoms with van der Waals surface area (Å²) < 4.78 is 8.65. The van der Waals surface area contributed by atoms with Gasteiger partial charge in [0.25, 0.3) is 0 Å². The van der Waals surface area contributed by atoms with Gasteiger partial charge in [-0.1, -0.05) is 130 Å². The molecule has 0 aliphatic heterocycles. The maximum absolute atomic E-state index is 5.97. The third-order valence-electron chi connectivity index (χ3n) is 3.19. The van der Waals surface area contributed by atoms with E-state index >= 15 is 0 Å². The smallest absolute Gasteiger partial charge is 0.222 e. The Morgan fingerprint density at radius 2 is 0.880 bits per heavy atom. The first-order valence-corrected chi connectivity index (χ1v) is 9.42. The van der Waals surface area contributed by atoms with E-state index in [9.17, 15) is 0 Å². The van der Waals surface area contributed by atoms with Gasteiger partial charge in [0.1, 0.15) is 0 Å². The van der Waals surface area contributed by atoms with E-state index < -0.39 is 13.4 Å². The van der Waals surface area contributed by atoms with Gasteiger partial charge in [0.15, 0.2) is 0 Å². The number of hydrogen-bond acceptors (Lipinski definition) is 2. The highest BCUT2D eigenvalue weighted by Crippen LogP contribution is 2.40. The SMILES string of the molecule is ClC(Cl)(Cl)COC(OCC(Cl)(Cl)Cl)(c1ccccc1)c1ccccc1. The van der Waals surface area contributed by atoms with Crippen molar-refractivity contribution in [2.24, 2.45) is 0 Å². The van der Waals surface area contributed by atoms with E-state index in [1.165, 1.54) is 0 Å². The van der Waals surface area contributed by atoms with Crippen LogP contribution in [0, 0.1) is 0 Å². The Morgan fingerprint density at radius 3 is 1.16 bits per heavy atom. The van der Waals surface area contributed by atoms with Crippen molar-refractivity contribution in [2.45, 2.75) is 13.4 Å². The second-order valence-corrected chi connectivity index (χ2v) is 10.2. The minimum atomic E-state index is -1.64. The number of halogens is 6. The molecule has 0 heterocycles. The fourth-order valence-corrected chi connectivity index (χ4v) is 2.55. The zero-order valence-corrected chi connectivity index (χ0v) is 17.3. The average Bonchev–Trinajstić information content (AvgIpc) is 2.55. The van der Waals surface area contributed by atoms with Crippen molar-refractivity contribution in [3.05, 3.63) is 71.8 Å². The first-order valence-electron chi connectivity index (χ1n) is 7.15. The van der Waals surface area contributed by atoms with E-state index in [2.05, 4.69) is 0 Å². The number of hydrogen-bond donors (Lipinski definition) is 0. The van der Waals surface area contributed by atoms with Crippen LogP contribution in [0.15, 0.2) is 60.7 Å². The number of ether oxygens (including phenoxy) is 2. The molecular weight excluding hydrogens is 449 g/mol. The summed E-state index contributed by atoms with van der Waals surface area (Å²) in [6.45, 7) is -0.470. The quantitative estimate of drug-likeness (QED) is 0.353. The molecule has 0 bridgehead atoms. The van der Waals surface area contributed by atoms with Gasteiger partial charge < -0.3 is 9.47 Å². The summed E-state index contributed by atoms with van der Waals surface area (Å²) in [6, 6.07) is 18.4. The van der Waals surface area contributed by atoms with Gasteiger partial charge in [-0.25, -0.2) is 0 Å². The van der Waals surface area contributed by atoms with Crippen LogP contribution in [-0.2, 0) is 15.3 Å². The minimum Gasteiger partial charge on any atom is -0.338 e. The average molecular weight is 463 g/mol. The molecule has 0 aliphatic rings. The summed E-state index contributed by atoms with van der Waals surface area (Å²) in [5.74, 6) is -1.41. The van der Waals surface area contributed by atoms with Crippen LogP contribution >= 0.6 is 69.6 Å². The van der Waals surface area contributed by atoms with Gasteiger partial charge in [-0.15, -0.1) is 0 Å². The molecule has 0 spiro atoms. The molecule has 0 aromatic heterocycles. The number of benzene rings is 2. The van der Waals surface area contributed by atoms with Crippen LogP contribution in [0.3, 0.4) is 0 Å². The molecule has 0 N–H and O–H groups in total. The van der Waals surface area contributed by atoms with E-state index in [-0.39, 0.29) is 13.2 Å². The molecule has 0 saturated carbocycles. The van der Waals surface area contributed by atoms with Crippen LogP contribution in [0.2, 0.25) is 0 Å². The van der Waals surface area contributed by atoms with Gasteiger partial charge in [-0.2, -0.15) is 0 Å². The highest BCUT2D eigenvalue weighted by Gasteiger charge is 2.41. The Morgan fingerprint density at radius 1 is 0.560 bits per heavy atom. The highest BCUT2D eigenvalue weighted by molar-refractivity contribution is 6.68. The molecule has 0 fully saturated rings. The normalized spacial score (nSPS) is 13.0. The van der Waals surface area contributed by atoms with Crippen LogP contribution in [0.25, 0.3) is 0 Å². The lowest BCUT2D eigenvalue weighted by atomic mass is 9.97. The number of rotatable bonds is 6. The molecule has 2 rings (SSSR count). The fraction of sp³-hybridized carbons (Fsp3) is 0.294. The first-order chi connectivity index (χ1) is 11.6. The van der Waals surface area contributed by atoms with Crippen LogP contribution in [-0.4, -0.2) is 20.8 Å². The zero-order chi connectivity index (χ0) is 18.6. The van der Waals surface area contributed by atoms with E-state index in [1.54, 1.807) is 0 Å². The largest absolute Gasteiger partial charge is 0.338 e. The lowest BCUT2D eigenvalue weighted by Gasteiger charge is -2.36. The van der Waals surface area contributed by atoms with Crippen molar-refractivity contribution in [1.82, 2.24) is 0 Å². The second kappa shape index (κ2) is 8.86. The minimum absolute atomic E-state index is 0.235. The molecule has 0 radical (unpaired) electrons. The Bertz CT molecular complexity index is 593. The molecule has 8 heteroatoms. The third kappa shape index (κ3) is 6.64. The predicted octanol–water partition coefficient (Wildman–Crippen LogP) is 6.66. The first kappa shape index (κ1) is 21.4. The van der Waals surface area contributed by atoms with Crippen molar-refractivity contribution < 1.29 is 9.47 Å². The lowest BCUT2D eigenvalue weighted by Crippen LogP contribution is -2.39. The molecule has 2 aromatic carbocycles. The molecule has 0 aliphatic carbocycles. The Labute approximate surface area is 176 Å². The van der Waals surface area contributed by atoms with Crippen molar-refractivity contribution in [2.75, 3.05) is 13.2 Å². The van der Waals surface area contributed by atoms with E-state index in [4.69, 9.17) is 79.1 Å². The van der Waals surface area contributed by atoms with E-state index in [0.29, 0.717) is 11.1 Å². The standard InChI is InChI=1S/C17H14Cl6O2/c18-15(19,20)11-24-17(25-12-16(21,22)23,13-7-3-1-4-8-13)14-9-5-2-6-10-14/h1-10H,11-12H2. The van der Waals surface area contributed by atoms with Crippen molar-refractivity contribution in [1.29, 1.82) is 0 Å². The Hall–Kier alpha value is 0.100. The summed E-state index contributed by atoms with van der Waals surface area (Å²) in [5, 5.41) is 0. The Balaban J connectivity index is 2.52. The van der Waals surface area contributed by atoms with E-state index in [1.807, 2.05) is 60.7 Å². The van der Waals surface area contributed by atoms with Crippen LogP contribution in [0.1, 0.15) is 11.1 Å². The molecule has 0 atom stereocenters. The van der Waals surface area contributed by atoms with Crippen LogP contribution < -0.4 is 0 Å². The Kier molecular flexibility index (Phi) is 7.58. The molecule has 2 aromatic rings. The van der Waals surface area contributed by atoms with Gasteiger partial charge >= 0.3 is 0 Å². The van der Waals surface area contributed by atoms with Gasteiger partial charge in [-0.05, 0) is 0 Å². The molecule has 0 amide bonds. The second-order valence-electron chi connectivity index (χ2n) is 5.16. The molecule has 136 valence electrons. The summed E-state index contributed by atoms with van der Waals surface area (Å²) in [5.41, 5.74) is 1.34. The van der Waals surface area contributed by atoms with Gasteiger partial charge in [0.2, 0.25) is 13.4 Å². The lowest BCUT2D eigenvalue weighted by molar-refractivity contribution is -0.216. The summed E-state index contributed by atoms with van der Waals surface area (Å²) >= 11 is 35.3. The zero-order valence-electron chi connectivity index (χ0n) is 12.8. The molecular formula is C17H14Cl6O2. The topological polar surface area (TPSA) is 18.5 Å². The molecule has 25 heavy (non-hydrogen) atoms. The van der Waals surface area contributed by atoms with Crippen molar-refractivity contribution >= 4 is 69.6 Å². The van der Waals surface area contributed by atoms with Crippen LogP contribution in [0.4, 0.5) is 0 Å². The van der Waals surface area contributed by atoms with Crippen LogP contribution in [0.5, 0.6) is 0 Å². The van der Waals surface area contributed by atoms with E-state index in [0.717, 1.165) is 0 Å². The summed E-state index contributed by atoms with van der Waals surface area (Å²) in [6.07, 6.45) is 0. The van der Waals surface area contributed by atoms with Gasteiger partial charge in [0, 0.05) is 11.1 Å². The molecule has 0 unspecified atom stereocenters. The maximum atomic E-state index is 5.97.